The van der Waals surface area contributed by atoms with Gasteiger partial charge in [0.05, 0.1) is 18.2 Å². The van der Waals surface area contributed by atoms with Crippen LogP contribution >= 0.6 is 0 Å². The Labute approximate surface area is 157 Å². The number of fused-ring (bicyclic) bond motifs is 2. The lowest BCUT2D eigenvalue weighted by Crippen LogP contribution is -2.33. The van der Waals surface area contributed by atoms with Gasteiger partial charge in [0.2, 0.25) is 0 Å². The molecule has 2 aromatic rings. The van der Waals surface area contributed by atoms with E-state index in [1.807, 2.05) is 12.1 Å². The Hall–Kier alpha value is -3.15. The van der Waals surface area contributed by atoms with E-state index in [1.165, 1.54) is 12.6 Å². The number of methoxy groups -OCH3 is 1. The topological polar surface area (TPSA) is 66.9 Å². The van der Waals surface area contributed by atoms with Crippen LogP contribution in [0.4, 0.5) is 0 Å². The van der Waals surface area contributed by atoms with Crippen LogP contribution in [-0.4, -0.2) is 54.8 Å². The minimum Gasteiger partial charge on any atom is -0.496 e. The Bertz CT molecular complexity index is 967. The monoisotopic (exact) mass is 364 g/mol. The molecule has 0 spiro atoms. The first-order valence-corrected chi connectivity index (χ1v) is 8.91. The molecule has 0 aliphatic carbocycles. The predicted molar refractivity (Wildman–Crippen MR) is 99.2 cm³/mol. The van der Waals surface area contributed by atoms with Gasteiger partial charge in [-0.25, -0.2) is 0 Å². The molecule has 2 aliphatic heterocycles. The van der Waals surface area contributed by atoms with E-state index in [0.717, 1.165) is 29.1 Å². The maximum Gasteiger partial charge on any atom is 0.261 e. The van der Waals surface area contributed by atoms with Crippen molar-refractivity contribution in [2.45, 2.75) is 12.8 Å². The van der Waals surface area contributed by atoms with E-state index in [-0.39, 0.29) is 17.7 Å². The second-order valence-electron chi connectivity index (χ2n) is 6.82. The summed E-state index contributed by atoms with van der Waals surface area (Å²) in [5.41, 5.74) is 3.43. The number of carbonyl (C=O) groups excluding carboxylic acids is 3. The molecule has 0 atom stereocenters. The van der Waals surface area contributed by atoms with Gasteiger partial charge in [-0.1, -0.05) is 12.1 Å². The highest BCUT2D eigenvalue weighted by Gasteiger charge is 2.33. The molecule has 0 saturated heterocycles. The van der Waals surface area contributed by atoms with Crippen LogP contribution in [0.5, 0.6) is 5.75 Å². The van der Waals surface area contributed by atoms with Gasteiger partial charge in [-0.3, -0.25) is 19.3 Å². The number of hydrogen-bond donors (Lipinski definition) is 0. The molecule has 4 rings (SSSR count). The maximum absolute atomic E-state index is 13.0. The molecule has 6 heteroatoms. The van der Waals surface area contributed by atoms with Crippen molar-refractivity contribution in [3.05, 3.63) is 64.2 Å². The van der Waals surface area contributed by atoms with E-state index in [1.54, 1.807) is 30.2 Å². The van der Waals surface area contributed by atoms with E-state index >= 15 is 0 Å². The molecule has 0 N–H and O–H groups in total. The van der Waals surface area contributed by atoms with E-state index < -0.39 is 0 Å². The zero-order chi connectivity index (χ0) is 19.1. The van der Waals surface area contributed by atoms with Crippen molar-refractivity contribution in [3.63, 3.8) is 0 Å². The Morgan fingerprint density at radius 2 is 1.74 bits per heavy atom. The molecule has 6 nitrogen and oxygen atoms in total. The molecule has 0 fully saturated rings. The summed E-state index contributed by atoms with van der Waals surface area (Å²) in [6.45, 7) is 1.18. The third-order valence-electron chi connectivity index (χ3n) is 5.36. The third kappa shape index (κ3) is 2.77. The Morgan fingerprint density at radius 3 is 2.52 bits per heavy atom. The molecular formula is C21H20N2O4. The Balaban J connectivity index is 1.58. The first-order chi connectivity index (χ1) is 13.0. The van der Waals surface area contributed by atoms with E-state index in [9.17, 15) is 14.4 Å². The van der Waals surface area contributed by atoms with Gasteiger partial charge in [-0.05, 0) is 48.2 Å². The van der Waals surface area contributed by atoms with Crippen molar-refractivity contribution in [3.8, 4) is 5.75 Å². The lowest BCUT2D eigenvalue weighted by molar-refractivity contribution is 0.0692. The van der Waals surface area contributed by atoms with E-state index in [2.05, 4.69) is 6.07 Å². The predicted octanol–water partition coefficient (Wildman–Crippen LogP) is 2.16. The second-order valence-corrected chi connectivity index (χ2v) is 6.82. The summed E-state index contributed by atoms with van der Waals surface area (Å²) in [6.07, 6.45) is 1.47. The summed E-state index contributed by atoms with van der Waals surface area (Å²) >= 11 is 0. The van der Waals surface area contributed by atoms with Gasteiger partial charge < -0.3 is 9.64 Å². The fraction of sp³-hybridized carbons (Fsp3) is 0.286. The number of rotatable bonds is 2. The summed E-state index contributed by atoms with van der Waals surface area (Å²) in [4.78, 5) is 40.1. The van der Waals surface area contributed by atoms with Gasteiger partial charge in [0.25, 0.3) is 17.7 Å². The number of imide groups is 1. The first kappa shape index (κ1) is 17.3. The molecule has 0 unspecified atom stereocenters. The maximum atomic E-state index is 13.0. The minimum atomic E-state index is -0.363. The van der Waals surface area contributed by atoms with E-state index in [0.29, 0.717) is 29.8 Å². The quantitative estimate of drug-likeness (QED) is 0.766. The zero-order valence-electron chi connectivity index (χ0n) is 15.3. The Kier molecular flexibility index (Phi) is 4.18. The molecule has 0 bridgehead atoms. The highest BCUT2D eigenvalue weighted by atomic mass is 16.5. The molecule has 3 amide bonds. The minimum absolute atomic E-state index is 0.126. The summed E-state index contributed by atoms with van der Waals surface area (Å²) in [5, 5.41) is 0. The molecule has 27 heavy (non-hydrogen) atoms. The van der Waals surface area contributed by atoms with Crippen LogP contribution in [0.1, 0.15) is 42.2 Å². The average molecular weight is 364 g/mol. The van der Waals surface area contributed by atoms with Crippen molar-refractivity contribution < 1.29 is 19.1 Å². The molecule has 0 saturated carbocycles. The number of hydrogen-bond acceptors (Lipinski definition) is 4. The van der Waals surface area contributed by atoms with Crippen LogP contribution in [0.3, 0.4) is 0 Å². The molecule has 2 aliphatic rings. The van der Waals surface area contributed by atoms with Crippen molar-refractivity contribution in [2.24, 2.45) is 0 Å². The van der Waals surface area contributed by atoms with Crippen molar-refractivity contribution in [1.82, 2.24) is 9.80 Å². The highest BCUT2D eigenvalue weighted by molar-refractivity contribution is 6.21. The Morgan fingerprint density at radius 1 is 1.00 bits per heavy atom. The van der Waals surface area contributed by atoms with Crippen LogP contribution < -0.4 is 4.74 Å². The van der Waals surface area contributed by atoms with Gasteiger partial charge in [0, 0.05) is 25.7 Å². The number of amides is 3. The summed E-state index contributed by atoms with van der Waals surface area (Å²) in [6, 6.07) is 10.7. The average Bonchev–Trinajstić information content (AvgIpc) is 2.86. The molecule has 2 aromatic carbocycles. The van der Waals surface area contributed by atoms with Gasteiger partial charge in [-0.2, -0.15) is 0 Å². The number of carbonyl (C=O) groups is 3. The fourth-order valence-electron chi connectivity index (χ4n) is 3.81. The number of benzene rings is 2. The van der Waals surface area contributed by atoms with Crippen LogP contribution in [0, 0.1) is 0 Å². The lowest BCUT2D eigenvalue weighted by Gasteiger charge is -2.20. The molecule has 138 valence electrons. The SMILES string of the molecule is COc1cccc2c1CCN(C(=O)c1ccc3c(c1)C(=O)N(C)C3=O)CC2. The number of ether oxygens (including phenoxy) is 1. The van der Waals surface area contributed by atoms with Crippen molar-refractivity contribution >= 4 is 17.7 Å². The van der Waals surface area contributed by atoms with Crippen molar-refractivity contribution in [2.75, 3.05) is 27.2 Å². The molecule has 0 radical (unpaired) electrons. The standard InChI is InChI=1S/C21H20N2O4/c1-22-20(25)16-7-6-14(12-17(16)21(22)26)19(24)23-10-8-13-4-3-5-18(27-2)15(13)9-11-23/h3-7,12H,8-11H2,1-2H3. The highest BCUT2D eigenvalue weighted by Crippen LogP contribution is 2.27. The van der Waals surface area contributed by atoms with Crippen LogP contribution in [0.2, 0.25) is 0 Å². The van der Waals surface area contributed by atoms with Crippen LogP contribution in [0.25, 0.3) is 0 Å². The van der Waals surface area contributed by atoms with Gasteiger partial charge in [0.15, 0.2) is 0 Å². The van der Waals surface area contributed by atoms with E-state index in [4.69, 9.17) is 4.74 Å². The first-order valence-electron chi connectivity index (χ1n) is 8.91. The molecular weight excluding hydrogens is 344 g/mol. The van der Waals surface area contributed by atoms with Gasteiger partial charge in [-0.15, -0.1) is 0 Å². The third-order valence-corrected chi connectivity index (χ3v) is 5.36. The van der Waals surface area contributed by atoms with Crippen LogP contribution in [0.15, 0.2) is 36.4 Å². The summed E-state index contributed by atoms with van der Waals surface area (Å²) in [7, 11) is 3.11. The smallest absolute Gasteiger partial charge is 0.261 e. The lowest BCUT2D eigenvalue weighted by atomic mass is 10.0. The zero-order valence-corrected chi connectivity index (χ0v) is 15.3. The van der Waals surface area contributed by atoms with Crippen LogP contribution in [-0.2, 0) is 12.8 Å². The van der Waals surface area contributed by atoms with Gasteiger partial charge >= 0.3 is 0 Å². The summed E-state index contributed by atoms with van der Waals surface area (Å²) in [5.74, 6) is 0.0369. The normalized spacial score (nSPS) is 16.1. The second kappa shape index (κ2) is 6.54. The largest absolute Gasteiger partial charge is 0.496 e. The fourth-order valence-corrected chi connectivity index (χ4v) is 3.81. The number of nitrogens with zero attached hydrogens (tertiary/aromatic N) is 2. The molecule has 2 heterocycles. The van der Waals surface area contributed by atoms with Crippen molar-refractivity contribution in [1.29, 1.82) is 0 Å². The summed E-state index contributed by atoms with van der Waals surface area (Å²) < 4.78 is 5.45. The van der Waals surface area contributed by atoms with Gasteiger partial charge in [0.1, 0.15) is 5.75 Å². The molecule has 0 aromatic heterocycles.